The molecule has 1 atom stereocenters. The predicted octanol–water partition coefficient (Wildman–Crippen LogP) is 6.20. The first kappa shape index (κ1) is 26.5. The summed E-state index contributed by atoms with van der Waals surface area (Å²) >= 11 is 0. The Bertz CT molecular complexity index is 1450. The first-order valence-electron chi connectivity index (χ1n) is 13.9. The van der Waals surface area contributed by atoms with Crippen LogP contribution in [-0.4, -0.2) is 41.3 Å². The van der Waals surface area contributed by atoms with E-state index in [-0.39, 0.29) is 0 Å². The molecule has 8 heteroatoms. The van der Waals surface area contributed by atoms with Gasteiger partial charge in [0.1, 0.15) is 5.82 Å². The summed E-state index contributed by atoms with van der Waals surface area (Å²) < 4.78 is 2.28. The van der Waals surface area contributed by atoms with Crippen LogP contribution < -0.4 is 0 Å². The van der Waals surface area contributed by atoms with Gasteiger partial charge in [-0.2, -0.15) is 5.21 Å². The number of aromatic nitrogens is 6. The average Bonchev–Trinajstić information content (AvgIpc) is 3.54. The Balaban J connectivity index is 1.51. The summed E-state index contributed by atoms with van der Waals surface area (Å²) in [5.74, 6) is 1.65. The number of aryl methyl sites for hydroxylation is 2. The van der Waals surface area contributed by atoms with Crippen molar-refractivity contribution in [1.29, 1.82) is 0 Å². The zero-order valence-corrected chi connectivity index (χ0v) is 22.9. The number of carboxylic acids is 1. The van der Waals surface area contributed by atoms with Crippen molar-refractivity contribution >= 4 is 11.5 Å². The smallest absolute Gasteiger partial charge is 0.328 e. The molecule has 1 unspecified atom stereocenters. The van der Waals surface area contributed by atoms with Crippen molar-refractivity contribution in [3.63, 3.8) is 0 Å². The number of carboxylic acid groups (broad SMARTS) is 1. The van der Waals surface area contributed by atoms with Crippen LogP contribution in [0, 0.1) is 11.8 Å². The number of unbranched alkanes of at least 4 members (excludes halogenated alkanes) is 1. The van der Waals surface area contributed by atoms with E-state index >= 15 is 0 Å². The summed E-state index contributed by atoms with van der Waals surface area (Å²) in [7, 11) is 0. The molecule has 4 aromatic rings. The number of benzene rings is 2. The third-order valence-electron chi connectivity index (χ3n) is 7.77. The SMILES string of the molecule is CCCCc1nc2c(n1Cc1ccc(-c3ccccc3-c3nn[nH]n3)cc1)C(=CC(=O)O)CC(C(C)C)CC2. The molecule has 0 bridgehead atoms. The van der Waals surface area contributed by atoms with Gasteiger partial charge in [0, 0.05) is 24.6 Å². The Hall–Kier alpha value is -4.07. The fourth-order valence-corrected chi connectivity index (χ4v) is 5.61. The maximum Gasteiger partial charge on any atom is 0.328 e. The van der Waals surface area contributed by atoms with Crippen LogP contribution in [0.25, 0.3) is 28.1 Å². The van der Waals surface area contributed by atoms with Gasteiger partial charge in [-0.3, -0.25) is 0 Å². The molecule has 0 amide bonds. The maximum atomic E-state index is 11.9. The van der Waals surface area contributed by atoms with Crippen LogP contribution in [0.15, 0.2) is 54.6 Å². The zero-order valence-electron chi connectivity index (χ0n) is 22.9. The maximum absolute atomic E-state index is 11.9. The molecule has 2 heterocycles. The minimum Gasteiger partial charge on any atom is -0.478 e. The fourth-order valence-electron chi connectivity index (χ4n) is 5.61. The van der Waals surface area contributed by atoms with E-state index in [0.29, 0.717) is 24.2 Å². The lowest BCUT2D eigenvalue weighted by atomic mass is 9.87. The van der Waals surface area contributed by atoms with Crippen molar-refractivity contribution in [2.75, 3.05) is 0 Å². The molecule has 1 aliphatic carbocycles. The molecule has 1 aliphatic rings. The number of tetrazole rings is 1. The summed E-state index contributed by atoms with van der Waals surface area (Å²) in [4.78, 5) is 17.0. The summed E-state index contributed by atoms with van der Waals surface area (Å²) in [6, 6.07) is 16.6. The van der Waals surface area contributed by atoms with Gasteiger partial charge in [0.15, 0.2) is 0 Å². The van der Waals surface area contributed by atoms with Crippen molar-refractivity contribution in [3.8, 4) is 22.5 Å². The number of rotatable bonds is 9. The number of fused-ring (bicyclic) bond motifs is 1. The monoisotopic (exact) mass is 524 g/mol. The van der Waals surface area contributed by atoms with Gasteiger partial charge in [-0.1, -0.05) is 75.7 Å². The minimum absolute atomic E-state index is 0.441. The normalized spacial score (nSPS) is 16.4. The first-order chi connectivity index (χ1) is 18.9. The highest BCUT2D eigenvalue weighted by Crippen LogP contribution is 2.37. The van der Waals surface area contributed by atoms with E-state index < -0.39 is 5.97 Å². The Kier molecular flexibility index (Phi) is 8.00. The van der Waals surface area contributed by atoms with E-state index in [2.05, 4.69) is 76.3 Å². The van der Waals surface area contributed by atoms with Gasteiger partial charge >= 0.3 is 5.97 Å². The Morgan fingerprint density at radius 3 is 2.59 bits per heavy atom. The molecular formula is C31H36N6O2. The lowest BCUT2D eigenvalue weighted by Gasteiger charge is -2.20. The van der Waals surface area contributed by atoms with E-state index in [0.717, 1.165) is 83.6 Å². The number of hydrogen-bond acceptors (Lipinski definition) is 5. The van der Waals surface area contributed by atoms with Crippen molar-refractivity contribution in [3.05, 3.63) is 77.4 Å². The lowest BCUT2D eigenvalue weighted by Crippen LogP contribution is -2.12. The van der Waals surface area contributed by atoms with E-state index in [1.54, 1.807) is 0 Å². The van der Waals surface area contributed by atoms with Gasteiger partial charge in [-0.05, 0) is 65.0 Å². The molecule has 0 radical (unpaired) electrons. The highest BCUT2D eigenvalue weighted by Gasteiger charge is 2.28. The molecule has 8 nitrogen and oxygen atoms in total. The Morgan fingerprint density at radius 2 is 1.92 bits per heavy atom. The van der Waals surface area contributed by atoms with Gasteiger partial charge in [0.05, 0.1) is 11.4 Å². The van der Waals surface area contributed by atoms with Crippen LogP contribution in [0.1, 0.15) is 69.2 Å². The first-order valence-corrected chi connectivity index (χ1v) is 13.9. The molecule has 202 valence electrons. The molecule has 0 saturated carbocycles. The van der Waals surface area contributed by atoms with Gasteiger partial charge in [0.25, 0.3) is 0 Å². The molecule has 0 saturated heterocycles. The van der Waals surface area contributed by atoms with Gasteiger partial charge in [0.2, 0.25) is 5.82 Å². The van der Waals surface area contributed by atoms with Crippen LogP contribution in [0.3, 0.4) is 0 Å². The summed E-state index contributed by atoms with van der Waals surface area (Å²) in [6.07, 6.45) is 7.11. The largest absolute Gasteiger partial charge is 0.478 e. The second-order valence-electron chi connectivity index (χ2n) is 10.7. The van der Waals surface area contributed by atoms with Gasteiger partial charge in [-0.25, -0.2) is 9.78 Å². The second kappa shape index (κ2) is 11.8. The molecule has 39 heavy (non-hydrogen) atoms. The van der Waals surface area contributed by atoms with E-state index in [9.17, 15) is 9.90 Å². The summed E-state index contributed by atoms with van der Waals surface area (Å²) in [6.45, 7) is 7.29. The quantitative estimate of drug-likeness (QED) is 0.199. The minimum atomic E-state index is -0.896. The molecule has 2 aromatic carbocycles. The highest BCUT2D eigenvalue weighted by atomic mass is 16.4. The van der Waals surface area contributed by atoms with Crippen LogP contribution in [-0.2, 0) is 24.2 Å². The number of carbonyl (C=O) groups is 1. The van der Waals surface area contributed by atoms with Crippen molar-refractivity contribution in [1.82, 2.24) is 30.2 Å². The van der Waals surface area contributed by atoms with Gasteiger partial charge in [-0.15, -0.1) is 10.2 Å². The standard InChI is InChI=1S/C31H36N6O2/c1-4-5-10-28-32-27-16-15-23(20(2)3)17-24(18-29(38)39)30(27)37(28)19-21-11-13-22(14-12-21)25-8-6-7-9-26(25)31-33-35-36-34-31/h6-9,11-14,18,20,23H,4-5,10,15-17,19H2,1-3H3,(H,38,39)(H,33,34,35,36). The van der Waals surface area contributed by atoms with Crippen molar-refractivity contribution in [2.24, 2.45) is 11.8 Å². The number of aliphatic carboxylic acids is 1. The predicted molar refractivity (Wildman–Crippen MR) is 152 cm³/mol. The van der Waals surface area contributed by atoms with Crippen LogP contribution in [0.4, 0.5) is 0 Å². The third kappa shape index (κ3) is 5.85. The second-order valence-corrected chi connectivity index (χ2v) is 10.7. The van der Waals surface area contributed by atoms with Crippen molar-refractivity contribution in [2.45, 2.75) is 65.8 Å². The van der Waals surface area contributed by atoms with Gasteiger partial charge < -0.3 is 9.67 Å². The van der Waals surface area contributed by atoms with E-state index in [1.165, 1.54) is 6.08 Å². The highest BCUT2D eigenvalue weighted by molar-refractivity contribution is 5.90. The molecule has 0 fully saturated rings. The van der Waals surface area contributed by atoms with Crippen LogP contribution in [0.5, 0.6) is 0 Å². The van der Waals surface area contributed by atoms with Crippen LogP contribution >= 0.6 is 0 Å². The topological polar surface area (TPSA) is 110 Å². The molecular weight excluding hydrogens is 488 g/mol. The number of H-pyrrole nitrogens is 1. The third-order valence-corrected chi connectivity index (χ3v) is 7.77. The summed E-state index contributed by atoms with van der Waals surface area (Å²) in [5.41, 5.74) is 7.13. The molecule has 2 aromatic heterocycles. The van der Waals surface area contributed by atoms with Crippen LogP contribution in [0.2, 0.25) is 0 Å². The number of nitrogens with one attached hydrogen (secondary N) is 1. The Morgan fingerprint density at radius 1 is 1.15 bits per heavy atom. The number of imidazole rings is 1. The lowest BCUT2D eigenvalue weighted by molar-refractivity contribution is -0.131. The number of hydrogen-bond donors (Lipinski definition) is 2. The molecule has 5 rings (SSSR count). The molecule has 0 aliphatic heterocycles. The summed E-state index contributed by atoms with van der Waals surface area (Å²) in [5, 5.41) is 24.3. The average molecular weight is 525 g/mol. The zero-order chi connectivity index (χ0) is 27.4. The van der Waals surface area contributed by atoms with E-state index in [4.69, 9.17) is 4.98 Å². The number of allylic oxidation sites excluding steroid dienone is 1. The Labute approximate surface area is 229 Å². The van der Waals surface area contributed by atoms with E-state index in [1.807, 2.05) is 18.2 Å². The van der Waals surface area contributed by atoms with Crippen molar-refractivity contribution < 1.29 is 9.90 Å². The molecule has 0 spiro atoms. The number of aromatic amines is 1. The molecule has 2 N–H and O–H groups in total. The number of nitrogens with zero attached hydrogens (tertiary/aromatic N) is 5. The fraction of sp³-hybridized carbons (Fsp3) is 0.387.